The van der Waals surface area contributed by atoms with E-state index >= 15 is 0 Å². The maximum absolute atomic E-state index is 13.0. The van der Waals surface area contributed by atoms with E-state index < -0.39 is 0 Å². The average Bonchev–Trinajstić information content (AvgIpc) is 3.49. The van der Waals surface area contributed by atoms with Crippen LogP contribution >= 0.6 is 0 Å². The summed E-state index contributed by atoms with van der Waals surface area (Å²) >= 11 is 0. The maximum Gasteiger partial charge on any atom is 0.227 e. The van der Waals surface area contributed by atoms with Crippen molar-refractivity contribution in [2.45, 2.75) is 25.7 Å². The van der Waals surface area contributed by atoms with Crippen LogP contribution in [0.1, 0.15) is 36.9 Å². The van der Waals surface area contributed by atoms with Gasteiger partial charge in [0, 0.05) is 37.5 Å². The summed E-state index contributed by atoms with van der Waals surface area (Å²) in [6.07, 6.45) is 8.40. The van der Waals surface area contributed by atoms with Crippen molar-refractivity contribution in [3.63, 3.8) is 0 Å². The number of aromatic amines is 1. The van der Waals surface area contributed by atoms with Crippen molar-refractivity contribution in [2.24, 2.45) is 5.92 Å². The van der Waals surface area contributed by atoms with Gasteiger partial charge in [0.15, 0.2) is 0 Å². The lowest BCUT2D eigenvalue weighted by atomic mass is 10.1. The summed E-state index contributed by atoms with van der Waals surface area (Å²) in [6.45, 7) is 3.93. The highest BCUT2D eigenvalue weighted by atomic mass is 16.1. The molecular formula is C26H31N5O. The Hall–Kier alpha value is -3.12. The van der Waals surface area contributed by atoms with E-state index in [9.17, 15) is 4.79 Å². The number of benzene rings is 2. The first kappa shape index (κ1) is 20.8. The van der Waals surface area contributed by atoms with Gasteiger partial charge in [0.1, 0.15) is 0 Å². The number of carbonyl (C=O) groups is 1. The largest absolute Gasteiger partial charge is 0.367 e. The molecule has 6 heteroatoms. The third kappa shape index (κ3) is 4.41. The second kappa shape index (κ2) is 9.17. The van der Waals surface area contributed by atoms with Crippen LogP contribution in [0.2, 0.25) is 0 Å². The third-order valence-electron chi connectivity index (χ3n) is 6.77. The number of hydrogen-bond acceptors (Lipinski definition) is 4. The molecule has 2 heterocycles. The molecule has 2 fully saturated rings. The Kier molecular flexibility index (Phi) is 5.95. The van der Waals surface area contributed by atoms with E-state index in [1.807, 2.05) is 24.3 Å². The first-order valence-electron chi connectivity index (χ1n) is 11.7. The summed E-state index contributed by atoms with van der Waals surface area (Å²) in [6, 6.07) is 14.5. The number of rotatable bonds is 5. The Morgan fingerprint density at radius 1 is 1.06 bits per heavy atom. The van der Waals surface area contributed by atoms with Crippen LogP contribution in [-0.4, -0.2) is 54.2 Å². The van der Waals surface area contributed by atoms with Crippen molar-refractivity contribution >= 4 is 40.3 Å². The standard InChI is InChI=1S/C26H31N5O/c1-30-13-15-31(16-14-30)25-18-23-21(17-24(25)27-26(32)20-9-5-6-10-20)22(28-29-23)12-11-19-7-3-2-4-8-19/h2-4,7-8,11-12,17-18,20H,5-6,9-10,13-16H2,1H3,(H,27,32)(H,28,29)/b12-11+. The highest BCUT2D eigenvalue weighted by molar-refractivity contribution is 6.02. The lowest BCUT2D eigenvalue weighted by Crippen LogP contribution is -2.44. The molecule has 0 bridgehead atoms. The van der Waals surface area contributed by atoms with Gasteiger partial charge in [-0.1, -0.05) is 49.2 Å². The highest BCUT2D eigenvalue weighted by Gasteiger charge is 2.25. The first-order chi connectivity index (χ1) is 15.7. The molecule has 1 aliphatic carbocycles. The van der Waals surface area contributed by atoms with Gasteiger partial charge >= 0.3 is 0 Å². The normalized spacial score (nSPS) is 18.1. The van der Waals surface area contributed by atoms with E-state index in [1.165, 1.54) is 0 Å². The Bertz CT molecular complexity index is 1110. The Balaban J connectivity index is 1.49. The summed E-state index contributed by atoms with van der Waals surface area (Å²) in [4.78, 5) is 17.7. The second-order valence-electron chi connectivity index (χ2n) is 9.03. The number of piperazine rings is 1. The van der Waals surface area contributed by atoms with E-state index in [0.717, 1.165) is 85.4 Å². The van der Waals surface area contributed by atoms with Gasteiger partial charge in [0.05, 0.1) is 22.6 Å². The molecule has 0 spiro atoms. The predicted octanol–water partition coefficient (Wildman–Crippen LogP) is 4.61. The molecular weight excluding hydrogens is 398 g/mol. The zero-order chi connectivity index (χ0) is 21.9. The number of anilines is 2. The number of likely N-dealkylation sites (N-methyl/N-ethyl adjacent to an activating group) is 1. The van der Waals surface area contributed by atoms with E-state index in [1.54, 1.807) is 0 Å². The highest BCUT2D eigenvalue weighted by Crippen LogP contribution is 2.35. The van der Waals surface area contributed by atoms with Crippen LogP contribution in [0.4, 0.5) is 11.4 Å². The molecule has 3 aromatic rings. The van der Waals surface area contributed by atoms with Crippen LogP contribution in [0.25, 0.3) is 23.1 Å². The SMILES string of the molecule is CN1CCN(c2cc3[nH]nc(/C=C/c4ccccc4)c3cc2NC(=O)C2CCCC2)CC1. The maximum atomic E-state index is 13.0. The fourth-order valence-electron chi connectivity index (χ4n) is 4.77. The summed E-state index contributed by atoms with van der Waals surface area (Å²) in [5.41, 5.74) is 4.98. The molecule has 6 nitrogen and oxygen atoms in total. The summed E-state index contributed by atoms with van der Waals surface area (Å²) in [5, 5.41) is 12.1. The van der Waals surface area contributed by atoms with Gasteiger partial charge in [-0.15, -0.1) is 0 Å². The topological polar surface area (TPSA) is 64.3 Å². The molecule has 2 aliphatic rings. The molecule has 32 heavy (non-hydrogen) atoms. The number of nitrogens with zero attached hydrogens (tertiary/aromatic N) is 3. The lowest BCUT2D eigenvalue weighted by Gasteiger charge is -2.35. The Morgan fingerprint density at radius 3 is 2.56 bits per heavy atom. The lowest BCUT2D eigenvalue weighted by molar-refractivity contribution is -0.119. The molecule has 0 atom stereocenters. The molecule has 1 aromatic heterocycles. The van der Waals surface area contributed by atoms with Crippen LogP contribution in [-0.2, 0) is 4.79 Å². The Labute approximate surface area is 189 Å². The van der Waals surface area contributed by atoms with Gasteiger partial charge in [-0.3, -0.25) is 9.89 Å². The van der Waals surface area contributed by atoms with E-state index in [4.69, 9.17) is 0 Å². The zero-order valence-corrected chi connectivity index (χ0v) is 18.7. The van der Waals surface area contributed by atoms with Crippen molar-refractivity contribution in [2.75, 3.05) is 43.4 Å². The molecule has 2 N–H and O–H groups in total. The summed E-state index contributed by atoms with van der Waals surface area (Å²) in [5.74, 6) is 0.287. The van der Waals surface area contributed by atoms with E-state index in [0.29, 0.717) is 0 Å². The van der Waals surface area contributed by atoms with Gasteiger partial charge in [-0.2, -0.15) is 5.10 Å². The number of hydrogen-bond donors (Lipinski definition) is 2. The summed E-state index contributed by atoms with van der Waals surface area (Å²) < 4.78 is 0. The minimum Gasteiger partial charge on any atom is -0.367 e. The quantitative estimate of drug-likeness (QED) is 0.622. The third-order valence-corrected chi connectivity index (χ3v) is 6.77. The molecule has 1 saturated carbocycles. The van der Waals surface area contributed by atoms with Crippen molar-refractivity contribution in [3.8, 4) is 0 Å². The number of nitrogens with one attached hydrogen (secondary N) is 2. The number of H-pyrrole nitrogens is 1. The van der Waals surface area contributed by atoms with Gasteiger partial charge in [-0.25, -0.2) is 0 Å². The number of fused-ring (bicyclic) bond motifs is 1. The monoisotopic (exact) mass is 429 g/mol. The van der Waals surface area contributed by atoms with Crippen molar-refractivity contribution in [3.05, 3.63) is 53.7 Å². The van der Waals surface area contributed by atoms with Crippen LogP contribution < -0.4 is 10.2 Å². The van der Waals surface area contributed by atoms with Crippen LogP contribution in [0.15, 0.2) is 42.5 Å². The molecule has 2 aromatic carbocycles. The van der Waals surface area contributed by atoms with Gasteiger partial charge in [0.25, 0.3) is 0 Å². The molecule has 0 radical (unpaired) electrons. The molecule has 1 saturated heterocycles. The van der Waals surface area contributed by atoms with Crippen molar-refractivity contribution in [1.82, 2.24) is 15.1 Å². The smallest absolute Gasteiger partial charge is 0.227 e. The van der Waals surface area contributed by atoms with Crippen LogP contribution in [0, 0.1) is 5.92 Å². The second-order valence-corrected chi connectivity index (χ2v) is 9.03. The molecule has 5 rings (SSSR count). The fourth-order valence-corrected chi connectivity index (χ4v) is 4.77. The summed E-state index contributed by atoms with van der Waals surface area (Å²) in [7, 11) is 2.16. The van der Waals surface area contributed by atoms with Crippen LogP contribution in [0.5, 0.6) is 0 Å². The van der Waals surface area contributed by atoms with Gasteiger partial charge < -0.3 is 15.1 Å². The average molecular weight is 430 g/mol. The van der Waals surface area contributed by atoms with Gasteiger partial charge in [-0.05, 0) is 43.7 Å². The minimum absolute atomic E-state index is 0.132. The predicted molar refractivity (Wildman–Crippen MR) is 132 cm³/mol. The van der Waals surface area contributed by atoms with E-state index in [-0.39, 0.29) is 11.8 Å². The molecule has 166 valence electrons. The fraction of sp³-hybridized carbons (Fsp3) is 0.385. The van der Waals surface area contributed by atoms with Crippen LogP contribution in [0.3, 0.4) is 0 Å². The molecule has 1 aliphatic heterocycles. The Morgan fingerprint density at radius 2 is 1.81 bits per heavy atom. The van der Waals surface area contributed by atoms with Crippen molar-refractivity contribution < 1.29 is 4.79 Å². The molecule has 0 unspecified atom stereocenters. The zero-order valence-electron chi connectivity index (χ0n) is 18.7. The number of amides is 1. The minimum atomic E-state index is 0.132. The van der Waals surface area contributed by atoms with Crippen molar-refractivity contribution in [1.29, 1.82) is 0 Å². The molecule has 1 amide bonds. The number of aromatic nitrogens is 2. The first-order valence-corrected chi connectivity index (χ1v) is 11.7. The van der Waals surface area contributed by atoms with Gasteiger partial charge in [0.2, 0.25) is 5.91 Å². The van der Waals surface area contributed by atoms with E-state index in [2.05, 4.69) is 62.7 Å². The number of carbonyl (C=O) groups excluding carboxylic acids is 1.